The summed E-state index contributed by atoms with van der Waals surface area (Å²) in [6.07, 6.45) is 2.32. The van der Waals surface area contributed by atoms with Crippen molar-refractivity contribution in [3.05, 3.63) is 35.4 Å². The van der Waals surface area contributed by atoms with Gasteiger partial charge in [-0.05, 0) is 31.9 Å². The summed E-state index contributed by atoms with van der Waals surface area (Å²) in [5.41, 5.74) is 6.26. The number of carbonyl (C=O) groups excluding carboxylic acids is 3. The van der Waals surface area contributed by atoms with Crippen molar-refractivity contribution in [2.75, 3.05) is 26.4 Å². The van der Waals surface area contributed by atoms with Crippen molar-refractivity contribution in [3.8, 4) is 0 Å². The van der Waals surface area contributed by atoms with Gasteiger partial charge in [-0.2, -0.15) is 0 Å². The lowest BCUT2D eigenvalue weighted by Crippen LogP contribution is -2.45. The van der Waals surface area contributed by atoms with Gasteiger partial charge in [-0.25, -0.2) is 4.79 Å². The van der Waals surface area contributed by atoms with Crippen LogP contribution in [-0.2, 0) is 19.1 Å². The molecular formula is C20H30N4O5. The first-order valence-corrected chi connectivity index (χ1v) is 9.61. The molecule has 0 spiro atoms. The monoisotopic (exact) mass is 406 g/mol. The minimum absolute atomic E-state index is 0.0814. The van der Waals surface area contributed by atoms with E-state index in [0.717, 1.165) is 12.8 Å². The molecule has 0 saturated carbocycles. The number of hydrogen-bond donors (Lipinski definition) is 4. The van der Waals surface area contributed by atoms with Crippen molar-refractivity contribution < 1.29 is 23.9 Å². The number of carbonyl (C=O) groups is 3. The Hall–Kier alpha value is -2.94. The van der Waals surface area contributed by atoms with Gasteiger partial charge in [0.1, 0.15) is 18.5 Å². The molecule has 0 aromatic heterocycles. The van der Waals surface area contributed by atoms with Gasteiger partial charge in [-0.1, -0.05) is 25.5 Å². The number of benzene rings is 1. The summed E-state index contributed by atoms with van der Waals surface area (Å²) >= 11 is 0. The van der Waals surface area contributed by atoms with E-state index in [1.54, 1.807) is 31.2 Å². The molecule has 0 aliphatic rings. The molecule has 9 nitrogen and oxygen atoms in total. The number of esters is 1. The van der Waals surface area contributed by atoms with E-state index in [9.17, 15) is 14.4 Å². The zero-order valence-electron chi connectivity index (χ0n) is 17.0. The van der Waals surface area contributed by atoms with E-state index in [0.29, 0.717) is 37.3 Å². The highest BCUT2D eigenvalue weighted by atomic mass is 16.6. The van der Waals surface area contributed by atoms with Crippen LogP contribution in [0, 0.1) is 5.41 Å². The second kappa shape index (κ2) is 13.3. The molecule has 0 aliphatic carbocycles. The highest BCUT2D eigenvalue weighted by molar-refractivity contribution is 5.99. The van der Waals surface area contributed by atoms with Crippen LogP contribution in [-0.4, -0.2) is 56.0 Å². The Labute approximate surface area is 170 Å². The van der Waals surface area contributed by atoms with Crippen molar-refractivity contribution in [1.29, 1.82) is 5.41 Å². The van der Waals surface area contributed by atoms with Crippen molar-refractivity contribution >= 4 is 23.6 Å². The van der Waals surface area contributed by atoms with Crippen molar-refractivity contribution in [2.45, 2.75) is 39.2 Å². The summed E-state index contributed by atoms with van der Waals surface area (Å²) in [5, 5.41) is 12.6. The van der Waals surface area contributed by atoms with Gasteiger partial charge in [0, 0.05) is 24.3 Å². The van der Waals surface area contributed by atoms with Gasteiger partial charge in [-0.3, -0.25) is 15.0 Å². The SMILES string of the molecule is CCCCOC(=O)COCCCNC(=O)C(C)NC(=O)c1ccc(C(=N)N)cc1. The van der Waals surface area contributed by atoms with E-state index in [-0.39, 0.29) is 18.3 Å². The molecule has 0 radical (unpaired) electrons. The fourth-order valence-electron chi connectivity index (χ4n) is 2.21. The molecular weight excluding hydrogens is 376 g/mol. The fraction of sp³-hybridized carbons (Fsp3) is 0.500. The van der Waals surface area contributed by atoms with Crippen molar-refractivity contribution in [3.63, 3.8) is 0 Å². The molecule has 0 heterocycles. The molecule has 1 unspecified atom stereocenters. The molecule has 1 aromatic carbocycles. The molecule has 5 N–H and O–H groups in total. The van der Waals surface area contributed by atoms with Crippen LogP contribution < -0.4 is 16.4 Å². The first-order chi connectivity index (χ1) is 13.8. The van der Waals surface area contributed by atoms with Crippen LogP contribution in [0.25, 0.3) is 0 Å². The van der Waals surface area contributed by atoms with Crippen molar-refractivity contribution in [1.82, 2.24) is 10.6 Å². The van der Waals surface area contributed by atoms with Gasteiger partial charge in [-0.15, -0.1) is 0 Å². The Morgan fingerprint density at radius 2 is 1.76 bits per heavy atom. The number of amides is 2. The topological polar surface area (TPSA) is 144 Å². The smallest absolute Gasteiger partial charge is 0.332 e. The van der Waals surface area contributed by atoms with E-state index in [2.05, 4.69) is 10.6 Å². The lowest BCUT2D eigenvalue weighted by molar-refractivity contribution is -0.149. The molecule has 29 heavy (non-hydrogen) atoms. The Kier molecular flexibility index (Phi) is 11.0. The minimum atomic E-state index is -0.718. The van der Waals surface area contributed by atoms with Crippen LogP contribution in [0.3, 0.4) is 0 Å². The number of ether oxygens (including phenoxy) is 2. The number of hydrogen-bond acceptors (Lipinski definition) is 6. The summed E-state index contributed by atoms with van der Waals surface area (Å²) < 4.78 is 10.2. The van der Waals surface area contributed by atoms with Crippen LogP contribution in [0.4, 0.5) is 0 Å². The molecule has 2 amide bonds. The number of unbranched alkanes of at least 4 members (excludes halogenated alkanes) is 1. The van der Waals surface area contributed by atoms with E-state index < -0.39 is 17.9 Å². The molecule has 0 bridgehead atoms. The minimum Gasteiger partial charge on any atom is -0.464 e. The first-order valence-electron chi connectivity index (χ1n) is 9.61. The van der Waals surface area contributed by atoms with Crippen LogP contribution in [0.1, 0.15) is 49.0 Å². The fourth-order valence-corrected chi connectivity index (χ4v) is 2.21. The number of nitrogens with two attached hydrogens (primary N) is 1. The molecule has 1 aromatic rings. The Morgan fingerprint density at radius 1 is 1.10 bits per heavy atom. The third-order valence-corrected chi connectivity index (χ3v) is 3.94. The predicted molar refractivity (Wildman–Crippen MR) is 109 cm³/mol. The van der Waals surface area contributed by atoms with Gasteiger partial charge >= 0.3 is 5.97 Å². The van der Waals surface area contributed by atoms with Gasteiger partial charge < -0.3 is 25.8 Å². The maximum absolute atomic E-state index is 12.2. The Bertz CT molecular complexity index is 691. The molecule has 0 aliphatic heterocycles. The first kappa shape index (κ1) is 24.1. The molecule has 1 atom stereocenters. The second-order valence-electron chi connectivity index (χ2n) is 6.46. The van der Waals surface area contributed by atoms with E-state index >= 15 is 0 Å². The average Bonchev–Trinajstić information content (AvgIpc) is 2.70. The van der Waals surface area contributed by atoms with Crippen LogP contribution in [0.5, 0.6) is 0 Å². The molecule has 160 valence electrons. The largest absolute Gasteiger partial charge is 0.464 e. The third-order valence-electron chi connectivity index (χ3n) is 3.94. The molecule has 9 heteroatoms. The number of nitrogen functional groups attached to an aromatic ring is 1. The van der Waals surface area contributed by atoms with E-state index in [1.165, 1.54) is 0 Å². The van der Waals surface area contributed by atoms with Crippen LogP contribution in [0.2, 0.25) is 0 Å². The maximum atomic E-state index is 12.2. The molecule has 0 saturated heterocycles. The lowest BCUT2D eigenvalue weighted by atomic mass is 10.1. The quantitative estimate of drug-likeness (QED) is 0.166. The van der Waals surface area contributed by atoms with E-state index in [1.807, 2.05) is 6.92 Å². The summed E-state index contributed by atoms with van der Waals surface area (Å²) in [6, 6.07) is 5.51. The van der Waals surface area contributed by atoms with Gasteiger partial charge in [0.2, 0.25) is 5.91 Å². The zero-order valence-corrected chi connectivity index (χ0v) is 17.0. The zero-order chi connectivity index (χ0) is 21.6. The number of rotatable bonds is 13. The predicted octanol–water partition coefficient (Wildman–Crippen LogP) is 0.955. The van der Waals surface area contributed by atoms with Gasteiger partial charge in [0.05, 0.1) is 6.61 Å². The highest BCUT2D eigenvalue weighted by Gasteiger charge is 2.16. The van der Waals surface area contributed by atoms with Crippen molar-refractivity contribution in [2.24, 2.45) is 5.73 Å². The summed E-state index contributed by atoms with van der Waals surface area (Å²) in [6.45, 7) is 4.56. The van der Waals surface area contributed by atoms with Gasteiger partial charge in [0.25, 0.3) is 5.91 Å². The second-order valence-corrected chi connectivity index (χ2v) is 6.46. The Balaban J connectivity index is 2.21. The molecule has 0 fully saturated rings. The summed E-state index contributed by atoms with van der Waals surface area (Å²) in [7, 11) is 0. The number of amidine groups is 1. The Morgan fingerprint density at radius 3 is 2.38 bits per heavy atom. The summed E-state index contributed by atoms with van der Waals surface area (Å²) in [4.78, 5) is 35.6. The van der Waals surface area contributed by atoms with E-state index in [4.69, 9.17) is 20.6 Å². The number of nitrogens with one attached hydrogen (secondary N) is 3. The summed E-state index contributed by atoms with van der Waals surface area (Å²) in [5.74, 6) is -1.19. The lowest BCUT2D eigenvalue weighted by Gasteiger charge is -2.14. The van der Waals surface area contributed by atoms with Crippen LogP contribution >= 0.6 is 0 Å². The standard InChI is InChI=1S/C20H30N4O5/c1-3-4-12-29-17(25)13-28-11-5-10-23-19(26)14(2)24-20(27)16-8-6-15(7-9-16)18(21)22/h6-9,14H,3-5,10-13H2,1-2H3,(H3,21,22)(H,23,26)(H,24,27). The highest BCUT2D eigenvalue weighted by Crippen LogP contribution is 2.04. The normalized spacial score (nSPS) is 11.4. The van der Waals surface area contributed by atoms with Crippen LogP contribution in [0.15, 0.2) is 24.3 Å². The van der Waals surface area contributed by atoms with Gasteiger partial charge in [0.15, 0.2) is 0 Å². The maximum Gasteiger partial charge on any atom is 0.332 e. The average molecular weight is 406 g/mol. The third kappa shape index (κ3) is 9.70. The molecule has 1 rings (SSSR count).